The zero-order valence-electron chi connectivity index (χ0n) is 16.3. The van der Waals surface area contributed by atoms with Gasteiger partial charge in [-0.3, -0.25) is 9.79 Å². The Kier molecular flexibility index (Phi) is 7.65. The lowest BCUT2D eigenvalue weighted by Gasteiger charge is -2.14. The molecule has 1 amide bonds. The van der Waals surface area contributed by atoms with Crippen LogP contribution in [0.2, 0.25) is 0 Å². The number of nitrogens with zero attached hydrogens (tertiary/aromatic N) is 1. The third kappa shape index (κ3) is 6.86. The molecule has 1 aliphatic carbocycles. The first-order valence-electron chi connectivity index (χ1n) is 9.33. The van der Waals surface area contributed by atoms with E-state index < -0.39 is 9.84 Å². The van der Waals surface area contributed by atoms with Crippen molar-refractivity contribution in [2.24, 2.45) is 4.99 Å². The molecular formula is C19H30N4O3S. The third-order valence-corrected chi connectivity index (χ3v) is 5.94. The Labute approximate surface area is 162 Å². The molecule has 0 aliphatic heterocycles. The molecule has 0 saturated heterocycles. The number of aliphatic imine (C=N–C) groups is 1. The van der Waals surface area contributed by atoms with Gasteiger partial charge in [0, 0.05) is 38.9 Å². The molecule has 27 heavy (non-hydrogen) atoms. The molecule has 0 heterocycles. The van der Waals surface area contributed by atoms with E-state index in [-0.39, 0.29) is 5.91 Å². The molecule has 8 heteroatoms. The van der Waals surface area contributed by atoms with Crippen LogP contribution < -0.4 is 16.0 Å². The normalized spacial score (nSPS) is 15.6. The van der Waals surface area contributed by atoms with Crippen LogP contribution in [-0.2, 0) is 21.2 Å². The summed E-state index contributed by atoms with van der Waals surface area (Å²) in [7, 11) is -1.54. The Hall–Kier alpha value is -2.09. The number of aryl methyl sites for hydroxylation is 1. The summed E-state index contributed by atoms with van der Waals surface area (Å²) in [5, 5.41) is 9.37. The lowest BCUT2D eigenvalue weighted by molar-refractivity contribution is -0.121. The molecule has 0 radical (unpaired) electrons. The van der Waals surface area contributed by atoms with Gasteiger partial charge in [0.25, 0.3) is 0 Å². The molecule has 0 atom stereocenters. The van der Waals surface area contributed by atoms with E-state index in [0.29, 0.717) is 36.4 Å². The van der Waals surface area contributed by atoms with Crippen LogP contribution >= 0.6 is 0 Å². The molecule has 1 aliphatic rings. The van der Waals surface area contributed by atoms with Crippen LogP contribution in [0, 0.1) is 6.92 Å². The van der Waals surface area contributed by atoms with Gasteiger partial charge in [0.1, 0.15) is 0 Å². The Morgan fingerprint density at radius 1 is 1.22 bits per heavy atom. The molecule has 3 N–H and O–H groups in total. The minimum atomic E-state index is -3.21. The van der Waals surface area contributed by atoms with Crippen molar-refractivity contribution >= 4 is 21.7 Å². The quantitative estimate of drug-likeness (QED) is 0.481. The number of hydrogen-bond acceptors (Lipinski definition) is 4. The molecule has 0 bridgehead atoms. The van der Waals surface area contributed by atoms with Crippen molar-refractivity contribution in [3.05, 3.63) is 29.3 Å². The molecule has 2 rings (SSSR count). The van der Waals surface area contributed by atoms with Crippen LogP contribution in [0.5, 0.6) is 0 Å². The monoisotopic (exact) mass is 394 g/mol. The topological polar surface area (TPSA) is 99.7 Å². The van der Waals surface area contributed by atoms with Crippen LogP contribution in [0.4, 0.5) is 0 Å². The van der Waals surface area contributed by atoms with E-state index >= 15 is 0 Å². The lowest BCUT2D eigenvalue weighted by atomic mass is 10.1. The highest BCUT2D eigenvalue weighted by Crippen LogP contribution is 2.18. The van der Waals surface area contributed by atoms with Gasteiger partial charge in [-0.15, -0.1) is 0 Å². The number of carbonyl (C=O) groups excluding carboxylic acids is 1. The van der Waals surface area contributed by atoms with E-state index in [1.807, 2.05) is 6.07 Å². The third-order valence-electron chi connectivity index (χ3n) is 4.69. The summed E-state index contributed by atoms with van der Waals surface area (Å²) in [6.07, 6.45) is 6.18. The van der Waals surface area contributed by atoms with Crippen molar-refractivity contribution in [1.82, 2.24) is 16.0 Å². The number of carbonyl (C=O) groups is 1. The highest BCUT2D eigenvalue weighted by molar-refractivity contribution is 7.90. The van der Waals surface area contributed by atoms with Gasteiger partial charge in [-0.25, -0.2) is 8.42 Å². The predicted molar refractivity (Wildman–Crippen MR) is 108 cm³/mol. The van der Waals surface area contributed by atoms with Crippen LogP contribution in [-0.4, -0.2) is 46.2 Å². The van der Waals surface area contributed by atoms with E-state index in [4.69, 9.17) is 0 Å². The second-order valence-corrected chi connectivity index (χ2v) is 9.01. The van der Waals surface area contributed by atoms with Gasteiger partial charge in [0.2, 0.25) is 5.91 Å². The number of hydrogen-bond donors (Lipinski definition) is 3. The van der Waals surface area contributed by atoms with E-state index in [1.54, 1.807) is 26.1 Å². The Balaban J connectivity index is 1.76. The molecule has 1 aromatic carbocycles. The fourth-order valence-corrected chi connectivity index (χ4v) is 4.27. The van der Waals surface area contributed by atoms with Gasteiger partial charge in [0.15, 0.2) is 15.8 Å². The zero-order valence-corrected chi connectivity index (χ0v) is 17.2. The van der Waals surface area contributed by atoms with E-state index in [0.717, 1.165) is 24.0 Å². The second kappa shape index (κ2) is 9.73. The summed E-state index contributed by atoms with van der Waals surface area (Å²) < 4.78 is 23.4. The van der Waals surface area contributed by atoms with Crippen LogP contribution in [0.15, 0.2) is 28.1 Å². The molecule has 7 nitrogen and oxygen atoms in total. The maximum Gasteiger partial charge on any atom is 0.221 e. The highest BCUT2D eigenvalue weighted by atomic mass is 32.2. The van der Waals surface area contributed by atoms with Crippen molar-refractivity contribution in [2.75, 3.05) is 19.8 Å². The Morgan fingerprint density at radius 2 is 1.93 bits per heavy atom. The van der Waals surface area contributed by atoms with Gasteiger partial charge < -0.3 is 16.0 Å². The lowest BCUT2D eigenvalue weighted by Crippen LogP contribution is -2.40. The zero-order chi connectivity index (χ0) is 19.9. The number of benzene rings is 1. The van der Waals surface area contributed by atoms with Crippen LogP contribution in [0.1, 0.15) is 43.2 Å². The molecular weight excluding hydrogens is 364 g/mol. The Morgan fingerprint density at radius 3 is 2.52 bits per heavy atom. The first kappa shape index (κ1) is 21.2. The minimum Gasteiger partial charge on any atom is -0.356 e. The summed E-state index contributed by atoms with van der Waals surface area (Å²) in [6.45, 7) is 2.80. The van der Waals surface area contributed by atoms with Crippen LogP contribution in [0.25, 0.3) is 0 Å². The number of guanidine groups is 1. The largest absolute Gasteiger partial charge is 0.356 e. The summed E-state index contributed by atoms with van der Waals surface area (Å²) >= 11 is 0. The van der Waals surface area contributed by atoms with Crippen molar-refractivity contribution in [3.63, 3.8) is 0 Å². The standard InChI is InChI=1S/C19H30N4O3S/c1-14-12-15(8-9-17(14)27(3,25)26)13-22-19(20-2)21-11-10-18(24)23-16-6-4-5-7-16/h8-9,12,16H,4-7,10-11,13H2,1-3H3,(H,23,24)(H2,20,21,22). The van der Waals surface area contributed by atoms with E-state index in [2.05, 4.69) is 20.9 Å². The van der Waals surface area contributed by atoms with Gasteiger partial charge in [-0.05, 0) is 37.0 Å². The Bertz CT molecular complexity index is 784. The molecule has 1 fully saturated rings. The summed E-state index contributed by atoms with van der Waals surface area (Å²) in [5.41, 5.74) is 1.69. The fourth-order valence-electron chi connectivity index (χ4n) is 3.31. The van der Waals surface area contributed by atoms with Crippen molar-refractivity contribution in [2.45, 2.75) is 56.5 Å². The summed E-state index contributed by atoms with van der Waals surface area (Å²) in [4.78, 5) is 16.4. The average Bonchev–Trinajstić information content (AvgIpc) is 3.09. The first-order valence-corrected chi connectivity index (χ1v) is 11.2. The smallest absolute Gasteiger partial charge is 0.221 e. The summed E-state index contributed by atoms with van der Waals surface area (Å²) in [6, 6.07) is 5.61. The van der Waals surface area contributed by atoms with E-state index in [9.17, 15) is 13.2 Å². The predicted octanol–water partition coefficient (Wildman–Crippen LogP) is 1.51. The first-order chi connectivity index (χ1) is 12.8. The molecule has 150 valence electrons. The average molecular weight is 395 g/mol. The van der Waals surface area contributed by atoms with Gasteiger partial charge >= 0.3 is 0 Å². The van der Waals surface area contributed by atoms with Gasteiger partial charge in [-0.2, -0.15) is 0 Å². The number of rotatable bonds is 7. The van der Waals surface area contributed by atoms with E-state index in [1.165, 1.54) is 19.1 Å². The maximum absolute atomic E-state index is 11.9. The van der Waals surface area contributed by atoms with Crippen LogP contribution in [0.3, 0.4) is 0 Å². The fraction of sp³-hybridized carbons (Fsp3) is 0.579. The van der Waals surface area contributed by atoms with Gasteiger partial charge in [0.05, 0.1) is 4.90 Å². The number of amides is 1. The maximum atomic E-state index is 11.9. The van der Waals surface area contributed by atoms with Gasteiger partial charge in [-0.1, -0.05) is 25.0 Å². The number of nitrogens with one attached hydrogen (secondary N) is 3. The molecule has 1 saturated carbocycles. The molecule has 0 unspecified atom stereocenters. The minimum absolute atomic E-state index is 0.0665. The van der Waals surface area contributed by atoms with Crippen molar-refractivity contribution < 1.29 is 13.2 Å². The molecule has 1 aromatic rings. The second-order valence-electron chi connectivity index (χ2n) is 7.02. The van der Waals surface area contributed by atoms with Crippen molar-refractivity contribution in [3.8, 4) is 0 Å². The number of sulfone groups is 1. The summed E-state index contributed by atoms with van der Waals surface area (Å²) in [5.74, 6) is 0.672. The SMILES string of the molecule is CN=C(NCCC(=O)NC1CCCC1)NCc1ccc(S(C)(=O)=O)c(C)c1. The highest BCUT2D eigenvalue weighted by Gasteiger charge is 2.16. The van der Waals surface area contributed by atoms with Crippen molar-refractivity contribution in [1.29, 1.82) is 0 Å². The molecule has 0 aromatic heterocycles. The molecule has 0 spiro atoms.